The summed E-state index contributed by atoms with van der Waals surface area (Å²) in [4.78, 5) is 28.1. The highest BCUT2D eigenvalue weighted by atomic mass is 79.9. The number of hydrogen-bond acceptors (Lipinski definition) is 7. The standard InChI is InChI=1S/C16H13BrN2O4S/c1-16(2)22-13(20)11(14(21)23-16)7-18-15-19-12(8-24-15)9-4-3-5-10(17)6-9/h3-8H,1-2H3,(H,18,19). The molecular formula is C16H13BrN2O4S. The first kappa shape index (κ1) is 16.7. The molecule has 0 atom stereocenters. The Morgan fingerprint density at radius 1 is 1.25 bits per heavy atom. The number of carbonyl (C=O) groups is 2. The average molecular weight is 409 g/mol. The number of hydrogen-bond donors (Lipinski definition) is 1. The van der Waals surface area contributed by atoms with E-state index < -0.39 is 17.7 Å². The molecule has 1 aliphatic heterocycles. The monoisotopic (exact) mass is 408 g/mol. The van der Waals surface area contributed by atoms with E-state index >= 15 is 0 Å². The van der Waals surface area contributed by atoms with Gasteiger partial charge in [-0.2, -0.15) is 0 Å². The third-order valence-electron chi connectivity index (χ3n) is 3.08. The minimum atomic E-state index is -1.25. The van der Waals surface area contributed by atoms with Gasteiger partial charge in [0.25, 0.3) is 5.79 Å². The van der Waals surface area contributed by atoms with Crippen molar-refractivity contribution in [2.45, 2.75) is 19.6 Å². The number of nitrogens with one attached hydrogen (secondary N) is 1. The average Bonchev–Trinajstić information content (AvgIpc) is 2.94. The summed E-state index contributed by atoms with van der Waals surface area (Å²) in [6.45, 7) is 3.00. The summed E-state index contributed by atoms with van der Waals surface area (Å²) < 4.78 is 11.0. The van der Waals surface area contributed by atoms with Crippen molar-refractivity contribution in [3.05, 3.63) is 45.9 Å². The Balaban J connectivity index is 1.76. The van der Waals surface area contributed by atoms with Gasteiger partial charge in [-0.1, -0.05) is 28.1 Å². The maximum absolute atomic E-state index is 11.9. The molecule has 0 unspecified atom stereocenters. The zero-order valence-corrected chi connectivity index (χ0v) is 15.2. The molecule has 1 saturated heterocycles. The van der Waals surface area contributed by atoms with Crippen molar-refractivity contribution in [1.82, 2.24) is 4.98 Å². The molecule has 0 amide bonds. The van der Waals surface area contributed by atoms with Crippen LogP contribution in [0.2, 0.25) is 0 Å². The second kappa shape index (κ2) is 6.37. The van der Waals surface area contributed by atoms with Gasteiger partial charge in [0.2, 0.25) is 0 Å². The molecule has 6 nitrogen and oxygen atoms in total. The van der Waals surface area contributed by atoms with Crippen LogP contribution in [0.4, 0.5) is 5.13 Å². The van der Waals surface area contributed by atoms with E-state index in [-0.39, 0.29) is 5.57 Å². The van der Waals surface area contributed by atoms with E-state index in [9.17, 15) is 9.59 Å². The largest absolute Gasteiger partial charge is 0.419 e. The maximum atomic E-state index is 11.9. The van der Waals surface area contributed by atoms with Gasteiger partial charge in [-0.05, 0) is 12.1 Å². The summed E-state index contributed by atoms with van der Waals surface area (Å²) >= 11 is 4.77. The van der Waals surface area contributed by atoms with Crippen LogP contribution in [0.15, 0.2) is 45.9 Å². The molecule has 0 bridgehead atoms. The van der Waals surface area contributed by atoms with E-state index in [0.29, 0.717) is 5.13 Å². The van der Waals surface area contributed by atoms with Crippen LogP contribution in [-0.2, 0) is 19.1 Å². The molecule has 24 heavy (non-hydrogen) atoms. The first-order chi connectivity index (χ1) is 11.3. The number of benzene rings is 1. The number of carbonyl (C=O) groups excluding carboxylic acids is 2. The number of cyclic esters (lactones) is 2. The SMILES string of the molecule is CC1(C)OC(=O)C(=CNc2nc(-c3cccc(Br)c3)cs2)C(=O)O1. The van der Waals surface area contributed by atoms with Crippen LogP contribution in [0.5, 0.6) is 0 Å². The Kier molecular flexibility index (Phi) is 4.42. The fourth-order valence-electron chi connectivity index (χ4n) is 2.03. The first-order valence-corrected chi connectivity index (χ1v) is 8.66. The molecule has 2 aromatic rings. The van der Waals surface area contributed by atoms with Gasteiger partial charge in [0.1, 0.15) is 0 Å². The Bertz CT molecular complexity index is 822. The van der Waals surface area contributed by atoms with Crippen LogP contribution in [0.25, 0.3) is 11.3 Å². The Hall–Kier alpha value is -2.19. The molecule has 3 rings (SSSR count). The summed E-state index contributed by atoms with van der Waals surface area (Å²) in [6, 6.07) is 7.75. The van der Waals surface area contributed by atoms with Crippen molar-refractivity contribution >= 4 is 44.3 Å². The van der Waals surface area contributed by atoms with Crippen molar-refractivity contribution in [2.24, 2.45) is 0 Å². The minimum Gasteiger partial charge on any atom is -0.419 e. The van der Waals surface area contributed by atoms with E-state index in [1.54, 1.807) is 0 Å². The minimum absolute atomic E-state index is 0.200. The second-order valence-corrected chi connectivity index (χ2v) is 7.20. The molecule has 1 aromatic heterocycles. The van der Waals surface area contributed by atoms with Gasteiger partial charge in [-0.15, -0.1) is 11.3 Å². The molecule has 0 saturated carbocycles. The third-order valence-corrected chi connectivity index (χ3v) is 4.35. The lowest BCUT2D eigenvalue weighted by Gasteiger charge is -2.29. The molecule has 8 heteroatoms. The zero-order valence-electron chi connectivity index (χ0n) is 12.8. The van der Waals surface area contributed by atoms with E-state index in [1.165, 1.54) is 31.4 Å². The maximum Gasteiger partial charge on any atom is 0.350 e. The van der Waals surface area contributed by atoms with Gasteiger partial charge in [-0.3, -0.25) is 0 Å². The summed E-state index contributed by atoms with van der Waals surface area (Å²) in [7, 11) is 0. The van der Waals surface area contributed by atoms with Crippen molar-refractivity contribution in [2.75, 3.05) is 5.32 Å². The predicted octanol–water partition coefficient (Wildman–Crippen LogP) is 3.70. The first-order valence-electron chi connectivity index (χ1n) is 6.99. The van der Waals surface area contributed by atoms with Crippen LogP contribution in [0.1, 0.15) is 13.8 Å². The van der Waals surface area contributed by atoms with Gasteiger partial charge in [0, 0.05) is 35.5 Å². The molecule has 124 valence electrons. The molecule has 0 radical (unpaired) electrons. The number of aromatic nitrogens is 1. The normalized spacial score (nSPS) is 16.4. The topological polar surface area (TPSA) is 77.5 Å². The van der Waals surface area contributed by atoms with Gasteiger partial charge in [-0.25, -0.2) is 14.6 Å². The van der Waals surface area contributed by atoms with E-state index in [2.05, 4.69) is 26.2 Å². The molecule has 1 aliphatic rings. The summed E-state index contributed by atoms with van der Waals surface area (Å²) in [5.41, 5.74) is 1.55. The fourth-order valence-corrected chi connectivity index (χ4v) is 3.12. The number of halogens is 1. The Labute approximate surface area is 150 Å². The Morgan fingerprint density at radius 3 is 2.62 bits per heavy atom. The molecule has 1 aromatic carbocycles. The van der Waals surface area contributed by atoms with Gasteiger partial charge < -0.3 is 14.8 Å². The smallest absolute Gasteiger partial charge is 0.350 e. The highest BCUT2D eigenvalue weighted by molar-refractivity contribution is 9.10. The van der Waals surface area contributed by atoms with Crippen LogP contribution < -0.4 is 5.32 Å². The lowest BCUT2D eigenvalue weighted by atomic mass is 10.2. The van der Waals surface area contributed by atoms with Crippen LogP contribution >= 0.6 is 27.3 Å². The summed E-state index contributed by atoms with van der Waals surface area (Å²) in [5, 5.41) is 5.26. The lowest BCUT2D eigenvalue weighted by molar-refractivity contribution is -0.222. The van der Waals surface area contributed by atoms with E-state index in [4.69, 9.17) is 9.47 Å². The van der Waals surface area contributed by atoms with Crippen molar-refractivity contribution < 1.29 is 19.1 Å². The number of rotatable bonds is 3. The van der Waals surface area contributed by atoms with Crippen LogP contribution in [0, 0.1) is 0 Å². The molecule has 1 fully saturated rings. The van der Waals surface area contributed by atoms with Gasteiger partial charge >= 0.3 is 11.9 Å². The zero-order chi connectivity index (χ0) is 17.3. The van der Waals surface area contributed by atoms with E-state index in [0.717, 1.165) is 15.7 Å². The number of ether oxygens (including phenoxy) is 2. The number of thiazole rings is 1. The van der Waals surface area contributed by atoms with Crippen LogP contribution in [-0.4, -0.2) is 22.7 Å². The van der Waals surface area contributed by atoms with E-state index in [1.807, 2.05) is 29.6 Å². The van der Waals surface area contributed by atoms with Crippen LogP contribution in [0.3, 0.4) is 0 Å². The molecular weight excluding hydrogens is 396 g/mol. The summed E-state index contributed by atoms with van der Waals surface area (Å²) in [6.07, 6.45) is 1.25. The number of nitrogens with zero attached hydrogens (tertiary/aromatic N) is 1. The van der Waals surface area contributed by atoms with Crippen molar-refractivity contribution in [3.63, 3.8) is 0 Å². The Morgan fingerprint density at radius 2 is 1.96 bits per heavy atom. The van der Waals surface area contributed by atoms with Crippen molar-refractivity contribution in [3.8, 4) is 11.3 Å². The highest BCUT2D eigenvalue weighted by Gasteiger charge is 2.38. The predicted molar refractivity (Wildman–Crippen MR) is 93.2 cm³/mol. The van der Waals surface area contributed by atoms with Gasteiger partial charge in [0.05, 0.1) is 5.69 Å². The quantitative estimate of drug-likeness (QED) is 0.473. The number of anilines is 1. The van der Waals surface area contributed by atoms with Gasteiger partial charge in [0.15, 0.2) is 10.7 Å². The summed E-state index contributed by atoms with van der Waals surface area (Å²) in [5.74, 6) is -2.71. The fraction of sp³-hybridized carbons (Fsp3) is 0.188. The number of esters is 2. The molecule has 0 spiro atoms. The highest BCUT2D eigenvalue weighted by Crippen LogP contribution is 2.27. The second-order valence-electron chi connectivity index (χ2n) is 5.43. The third kappa shape index (κ3) is 3.65. The molecule has 0 aliphatic carbocycles. The van der Waals surface area contributed by atoms with Crippen molar-refractivity contribution in [1.29, 1.82) is 0 Å². The lowest BCUT2D eigenvalue weighted by Crippen LogP contribution is -2.42. The molecule has 1 N–H and O–H groups in total. The molecule has 2 heterocycles.